The van der Waals surface area contributed by atoms with Gasteiger partial charge in [-0.2, -0.15) is 5.10 Å². The Kier molecular flexibility index (Phi) is 3.81. The molecule has 3 aromatic rings. The van der Waals surface area contributed by atoms with Crippen molar-refractivity contribution >= 4 is 32.5 Å². The molecule has 5 nitrogen and oxygen atoms in total. The molecule has 1 saturated heterocycles. The molecule has 124 valence electrons. The smallest absolute Gasteiger partial charge is 0.111 e. The van der Waals surface area contributed by atoms with E-state index < -0.39 is 0 Å². The average Bonchev–Trinajstić information content (AvgIpc) is 3.02. The lowest BCUT2D eigenvalue weighted by atomic mass is 9.96. The Balaban J connectivity index is 1.73. The van der Waals surface area contributed by atoms with Crippen LogP contribution in [0.1, 0.15) is 12.5 Å². The van der Waals surface area contributed by atoms with E-state index in [1.165, 1.54) is 5.69 Å². The summed E-state index contributed by atoms with van der Waals surface area (Å²) in [6.07, 6.45) is 5.80. The van der Waals surface area contributed by atoms with Crippen molar-refractivity contribution in [2.45, 2.75) is 12.5 Å². The van der Waals surface area contributed by atoms with Gasteiger partial charge in [0.05, 0.1) is 24.9 Å². The van der Waals surface area contributed by atoms with Crippen LogP contribution in [0.15, 0.2) is 47.3 Å². The fourth-order valence-corrected chi connectivity index (χ4v) is 3.69. The van der Waals surface area contributed by atoms with Crippen LogP contribution in [-0.4, -0.2) is 34.5 Å². The van der Waals surface area contributed by atoms with Crippen molar-refractivity contribution in [2.75, 3.05) is 24.6 Å². The first-order chi connectivity index (χ1) is 11.5. The molecule has 3 heterocycles. The topological polar surface area (TPSA) is 43.2 Å². The van der Waals surface area contributed by atoms with E-state index in [2.05, 4.69) is 50.0 Å². The van der Waals surface area contributed by atoms with Gasteiger partial charge < -0.3 is 9.64 Å². The Bertz CT molecular complexity index is 894. The monoisotopic (exact) mass is 386 g/mol. The maximum absolute atomic E-state index is 6.13. The summed E-state index contributed by atoms with van der Waals surface area (Å²) in [4.78, 5) is 6.87. The normalized spacial score (nSPS) is 21.4. The van der Waals surface area contributed by atoms with E-state index in [1.807, 2.05) is 42.5 Å². The van der Waals surface area contributed by atoms with Gasteiger partial charge in [0, 0.05) is 47.1 Å². The minimum atomic E-state index is -0.367. The number of anilines is 1. The zero-order chi connectivity index (χ0) is 16.7. The standard InChI is InChI=1S/C18H19BrN4O/c1-18(13-10-21-22(2)11-13)12-23(7-8-24-18)17-5-6-20-16-4-3-14(19)9-15(16)17/h3-6,9-11H,7-8,12H2,1-2H3. The van der Waals surface area contributed by atoms with Crippen LogP contribution in [-0.2, 0) is 17.4 Å². The largest absolute Gasteiger partial charge is 0.367 e. The number of halogens is 1. The summed E-state index contributed by atoms with van der Waals surface area (Å²) in [6, 6.07) is 8.29. The number of rotatable bonds is 2. The number of pyridine rings is 1. The summed E-state index contributed by atoms with van der Waals surface area (Å²) in [5.41, 5.74) is 2.94. The molecule has 0 bridgehead atoms. The van der Waals surface area contributed by atoms with Crippen LogP contribution >= 0.6 is 15.9 Å². The van der Waals surface area contributed by atoms with Gasteiger partial charge in [-0.1, -0.05) is 15.9 Å². The van der Waals surface area contributed by atoms with Gasteiger partial charge in [0.1, 0.15) is 5.60 Å². The Morgan fingerprint density at radius 3 is 2.96 bits per heavy atom. The van der Waals surface area contributed by atoms with Gasteiger partial charge >= 0.3 is 0 Å². The number of fused-ring (bicyclic) bond motifs is 1. The van der Waals surface area contributed by atoms with Crippen molar-refractivity contribution in [2.24, 2.45) is 7.05 Å². The predicted molar refractivity (Wildman–Crippen MR) is 98.2 cm³/mol. The van der Waals surface area contributed by atoms with Gasteiger partial charge in [-0.05, 0) is 31.2 Å². The van der Waals surface area contributed by atoms with Crippen molar-refractivity contribution in [3.63, 3.8) is 0 Å². The third kappa shape index (κ3) is 2.70. The molecule has 1 fully saturated rings. The van der Waals surface area contributed by atoms with Crippen molar-refractivity contribution in [3.8, 4) is 0 Å². The lowest BCUT2D eigenvalue weighted by molar-refractivity contribution is -0.0465. The molecule has 0 saturated carbocycles. The van der Waals surface area contributed by atoms with Crippen molar-refractivity contribution < 1.29 is 4.74 Å². The second kappa shape index (κ2) is 5.86. The molecule has 2 aromatic heterocycles. The lowest BCUT2D eigenvalue weighted by Crippen LogP contribution is -2.48. The highest BCUT2D eigenvalue weighted by molar-refractivity contribution is 9.10. The number of hydrogen-bond donors (Lipinski definition) is 0. The molecule has 1 aromatic carbocycles. The van der Waals surface area contributed by atoms with Gasteiger partial charge in [-0.3, -0.25) is 9.67 Å². The Labute approximate surface area is 149 Å². The minimum absolute atomic E-state index is 0.367. The molecule has 1 unspecified atom stereocenters. The molecule has 0 spiro atoms. The fraction of sp³-hybridized carbons (Fsp3) is 0.333. The second-order valence-corrected chi connectivity index (χ2v) is 7.31. The fourth-order valence-electron chi connectivity index (χ4n) is 3.32. The van der Waals surface area contributed by atoms with Gasteiger partial charge in [-0.15, -0.1) is 0 Å². The Morgan fingerprint density at radius 2 is 2.17 bits per heavy atom. The van der Waals surface area contributed by atoms with E-state index in [-0.39, 0.29) is 5.60 Å². The SMILES string of the molecule is Cn1cc(C2(C)CN(c3ccnc4ccc(Br)cc34)CCO2)cn1. The zero-order valence-electron chi connectivity index (χ0n) is 13.7. The van der Waals surface area contributed by atoms with Crippen LogP contribution < -0.4 is 4.90 Å². The summed E-state index contributed by atoms with van der Waals surface area (Å²) in [7, 11) is 1.93. The van der Waals surface area contributed by atoms with Crippen LogP contribution in [0.2, 0.25) is 0 Å². The summed E-state index contributed by atoms with van der Waals surface area (Å²) >= 11 is 3.57. The van der Waals surface area contributed by atoms with Gasteiger partial charge in [0.15, 0.2) is 0 Å². The Hall–Kier alpha value is -1.92. The van der Waals surface area contributed by atoms with Crippen LogP contribution in [0.5, 0.6) is 0 Å². The first-order valence-corrected chi connectivity index (χ1v) is 8.77. The summed E-state index contributed by atoms with van der Waals surface area (Å²) in [6.45, 7) is 4.46. The van der Waals surface area contributed by atoms with Crippen molar-refractivity contribution in [1.29, 1.82) is 0 Å². The van der Waals surface area contributed by atoms with Crippen molar-refractivity contribution in [1.82, 2.24) is 14.8 Å². The van der Waals surface area contributed by atoms with E-state index in [1.54, 1.807) is 0 Å². The van der Waals surface area contributed by atoms with Crippen LogP contribution in [0.4, 0.5) is 5.69 Å². The second-order valence-electron chi connectivity index (χ2n) is 6.40. The van der Waals surface area contributed by atoms with E-state index >= 15 is 0 Å². The molecule has 1 aliphatic heterocycles. The summed E-state index contributed by atoms with van der Waals surface area (Å²) in [5.74, 6) is 0. The number of hydrogen-bond acceptors (Lipinski definition) is 4. The summed E-state index contributed by atoms with van der Waals surface area (Å²) < 4.78 is 9.02. The molecule has 1 atom stereocenters. The van der Waals surface area contributed by atoms with E-state index in [9.17, 15) is 0 Å². The average molecular weight is 387 g/mol. The highest BCUT2D eigenvalue weighted by atomic mass is 79.9. The van der Waals surface area contributed by atoms with E-state index in [0.717, 1.165) is 34.0 Å². The molecular weight excluding hydrogens is 368 g/mol. The quantitative estimate of drug-likeness (QED) is 0.675. The lowest BCUT2D eigenvalue weighted by Gasteiger charge is -2.41. The number of aryl methyl sites for hydroxylation is 1. The first kappa shape index (κ1) is 15.6. The Morgan fingerprint density at radius 1 is 1.29 bits per heavy atom. The molecular formula is C18H19BrN4O. The molecule has 4 rings (SSSR count). The molecule has 0 aliphatic carbocycles. The third-order valence-electron chi connectivity index (χ3n) is 4.61. The molecule has 0 radical (unpaired) electrons. The van der Waals surface area contributed by atoms with Crippen LogP contribution in [0, 0.1) is 0 Å². The first-order valence-electron chi connectivity index (χ1n) is 7.97. The van der Waals surface area contributed by atoms with E-state index in [0.29, 0.717) is 6.61 Å². The molecule has 0 N–H and O–H groups in total. The molecule has 1 aliphatic rings. The number of benzene rings is 1. The number of aromatic nitrogens is 3. The highest BCUT2D eigenvalue weighted by Gasteiger charge is 2.35. The van der Waals surface area contributed by atoms with Crippen molar-refractivity contribution in [3.05, 3.63) is 52.9 Å². The van der Waals surface area contributed by atoms with E-state index in [4.69, 9.17) is 4.74 Å². The van der Waals surface area contributed by atoms with Gasteiger partial charge in [-0.25, -0.2) is 0 Å². The maximum Gasteiger partial charge on any atom is 0.111 e. The minimum Gasteiger partial charge on any atom is -0.367 e. The maximum atomic E-state index is 6.13. The molecule has 24 heavy (non-hydrogen) atoms. The van der Waals surface area contributed by atoms with Crippen LogP contribution in [0.3, 0.4) is 0 Å². The third-order valence-corrected chi connectivity index (χ3v) is 5.10. The molecule has 6 heteroatoms. The molecule has 0 amide bonds. The van der Waals surface area contributed by atoms with Crippen LogP contribution in [0.25, 0.3) is 10.9 Å². The predicted octanol–water partition coefficient (Wildman–Crippen LogP) is 3.48. The van der Waals surface area contributed by atoms with Gasteiger partial charge in [0.2, 0.25) is 0 Å². The number of ether oxygens (including phenoxy) is 1. The summed E-state index contributed by atoms with van der Waals surface area (Å²) in [5, 5.41) is 5.45. The highest BCUT2D eigenvalue weighted by Crippen LogP contribution is 2.34. The number of nitrogens with zero attached hydrogens (tertiary/aromatic N) is 4. The number of morpholine rings is 1. The zero-order valence-corrected chi connectivity index (χ0v) is 15.3. The van der Waals surface area contributed by atoms with Gasteiger partial charge in [0.25, 0.3) is 0 Å².